The molecule has 0 aliphatic carbocycles. The van der Waals surface area contributed by atoms with Gasteiger partial charge < -0.3 is 5.73 Å². The predicted octanol–water partition coefficient (Wildman–Crippen LogP) is 3.22. The molecule has 1 amide bonds. The van der Waals surface area contributed by atoms with Crippen LogP contribution in [0.3, 0.4) is 0 Å². The highest BCUT2D eigenvalue weighted by molar-refractivity contribution is 5.83. The first-order chi connectivity index (χ1) is 13.9. The van der Waals surface area contributed by atoms with Crippen molar-refractivity contribution in [2.45, 2.75) is 54.6 Å². The quantitative estimate of drug-likeness (QED) is 0.411. The second-order valence-electron chi connectivity index (χ2n) is 5.99. The van der Waals surface area contributed by atoms with E-state index in [0.717, 1.165) is 13.1 Å². The van der Waals surface area contributed by atoms with Crippen molar-refractivity contribution in [2.24, 2.45) is 5.73 Å². The van der Waals surface area contributed by atoms with Crippen LogP contribution in [0.4, 0.5) is 65.9 Å². The highest BCUT2D eigenvalue weighted by Crippen LogP contribution is 2.62. The van der Waals surface area contributed by atoms with Gasteiger partial charge in [-0.05, 0) is 12.8 Å². The average molecular weight is 514 g/mol. The molecule has 0 aromatic heterocycles. The van der Waals surface area contributed by atoms with Crippen LogP contribution in [0.15, 0.2) is 0 Å². The van der Waals surface area contributed by atoms with Gasteiger partial charge in [-0.1, -0.05) is 0 Å². The number of rotatable bonds is 6. The lowest BCUT2D eigenvalue weighted by atomic mass is 9.91. The summed E-state index contributed by atoms with van der Waals surface area (Å²) >= 11 is 0. The Kier molecular flexibility index (Phi) is 8.78. The molecule has 1 fully saturated rings. The Morgan fingerprint density at radius 1 is 0.562 bits per heavy atom. The standard InChI is InChI=1S/C8H2F15NO.C4H11N3/c9-2(10,1(24)25)3(11,12)4(13,14)5(15,16)6(17,18)7(19,20)8(21,22)23;1-2-4-6-7-5-3-1/h(H2,24,25);5-7H,1-4H2. The van der Waals surface area contributed by atoms with Crippen LogP contribution in [0.25, 0.3) is 0 Å². The number of alkyl halides is 15. The van der Waals surface area contributed by atoms with Gasteiger partial charge in [0, 0.05) is 13.1 Å². The van der Waals surface area contributed by atoms with Gasteiger partial charge in [0.25, 0.3) is 5.91 Å². The third-order valence-electron chi connectivity index (χ3n) is 3.67. The Balaban J connectivity index is 0.00000115. The number of hydrogen-bond donors (Lipinski definition) is 4. The first-order valence-corrected chi connectivity index (χ1v) is 7.78. The highest BCUT2D eigenvalue weighted by atomic mass is 19.4. The zero-order chi connectivity index (χ0) is 26.0. The van der Waals surface area contributed by atoms with Crippen molar-refractivity contribution in [1.82, 2.24) is 16.4 Å². The minimum absolute atomic E-state index is 1.08. The number of halogens is 15. The molecule has 1 aliphatic heterocycles. The van der Waals surface area contributed by atoms with E-state index >= 15 is 0 Å². The molecule has 0 aromatic rings. The SMILES string of the molecule is C1CCNNNC1.NC(=O)C(F)(F)C(F)(F)C(F)(F)C(F)(F)C(F)(F)C(F)(F)C(F)(F)F. The van der Waals surface area contributed by atoms with E-state index < -0.39 is 47.6 Å². The van der Waals surface area contributed by atoms with E-state index in [1.54, 1.807) is 0 Å². The Morgan fingerprint density at radius 2 is 0.875 bits per heavy atom. The van der Waals surface area contributed by atoms with Gasteiger partial charge in [0.2, 0.25) is 0 Å². The van der Waals surface area contributed by atoms with Gasteiger partial charge in [-0.3, -0.25) is 4.79 Å². The molecule has 1 aliphatic rings. The number of primary amides is 1. The largest absolute Gasteiger partial charge is 0.460 e. The maximum atomic E-state index is 12.9. The summed E-state index contributed by atoms with van der Waals surface area (Å²) in [5.74, 6) is -51.8. The average Bonchev–Trinajstić information content (AvgIpc) is 2.93. The van der Waals surface area contributed by atoms with E-state index in [0.29, 0.717) is 0 Å². The van der Waals surface area contributed by atoms with Crippen LogP contribution in [0, 0.1) is 0 Å². The molecule has 5 N–H and O–H groups in total. The van der Waals surface area contributed by atoms with Gasteiger partial charge in [0.15, 0.2) is 0 Å². The molecule has 32 heavy (non-hydrogen) atoms. The smallest absolute Gasteiger partial charge is 0.364 e. The van der Waals surface area contributed by atoms with Crippen LogP contribution in [0.5, 0.6) is 0 Å². The number of hydrazine groups is 2. The fourth-order valence-electron chi connectivity index (χ4n) is 1.74. The zero-order valence-electron chi connectivity index (χ0n) is 15.0. The van der Waals surface area contributed by atoms with Crippen molar-refractivity contribution in [3.05, 3.63) is 0 Å². The van der Waals surface area contributed by atoms with E-state index in [-0.39, 0.29) is 0 Å². The van der Waals surface area contributed by atoms with Gasteiger partial charge in [0.1, 0.15) is 0 Å². The summed E-state index contributed by atoms with van der Waals surface area (Å²) in [7, 11) is 0. The fraction of sp³-hybridized carbons (Fsp3) is 0.917. The van der Waals surface area contributed by atoms with Crippen LogP contribution < -0.4 is 22.1 Å². The number of amides is 1. The highest BCUT2D eigenvalue weighted by Gasteiger charge is 2.93. The summed E-state index contributed by atoms with van der Waals surface area (Å²) in [6, 6.07) is 0. The monoisotopic (exact) mass is 514 g/mol. The van der Waals surface area contributed by atoms with Gasteiger partial charge in [0.05, 0.1) is 0 Å². The minimum Gasteiger partial charge on any atom is -0.364 e. The molecular weight excluding hydrogens is 501 g/mol. The molecule has 0 unspecified atom stereocenters. The van der Waals surface area contributed by atoms with Crippen LogP contribution >= 0.6 is 0 Å². The Bertz CT molecular complexity index is 629. The fourth-order valence-corrected chi connectivity index (χ4v) is 1.74. The van der Waals surface area contributed by atoms with E-state index in [1.165, 1.54) is 12.8 Å². The van der Waals surface area contributed by atoms with Crippen molar-refractivity contribution in [3.8, 4) is 0 Å². The van der Waals surface area contributed by atoms with E-state index in [1.807, 2.05) is 0 Å². The summed E-state index contributed by atoms with van der Waals surface area (Å²) in [5, 5.41) is 0. The van der Waals surface area contributed by atoms with Crippen LogP contribution in [-0.4, -0.2) is 60.7 Å². The minimum atomic E-state index is -8.42. The number of carbonyl (C=O) groups excluding carboxylic acids is 1. The lowest BCUT2D eigenvalue weighted by molar-refractivity contribution is -0.449. The lowest BCUT2D eigenvalue weighted by Gasteiger charge is -2.40. The third-order valence-corrected chi connectivity index (χ3v) is 3.67. The van der Waals surface area contributed by atoms with E-state index in [9.17, 15) is 70.7 Å². The molecule has 5 nitrogen and oxygen atoms in total. The summed E-state index contributed by atoms with van der Waals surface area (Å²) in [6.07, 6.45) is -5.14. The van der Waals surface area contributed by atoms with Crippen molar-refractivity contribution in [3.63, 3.8) is 0 Å². The molecule has 1 saturated heterocycles. The second-order valence-corrected chi connectivity index (χ2v) is 5.99. The van der Waals surface area contributed by atoms with Crippen LogP contribution in [0.2, 0.25) is 0 Å². The number of hydrogen-bond acceptors (Lipinski definition) is 4. The molecule has 0 saturated carbocycles. The normalized spacial score (nSPS) is 17.8. The predicted molar refractivity (Wildman–Crippen MR) is 73.3 cm³/mol. The van der Waals surface area contributed by atoms with Crippen LogP contribution in [0.1, 0.15) is 12.8 Å². The van der Waals surface area contributed by atoms with Gasteiger partial charge in [-0.2, -0.15) is 71.4 Å². The van der Waals surface area contributed by atoms with Crippen molar-refractivity contribution in [1.29, 1.82) is 0 Å². The summed E-state index contributed by atoms with van der Waals surface area (Å²) in [4.78, 5) is 9.95. The van der Waals surface area contributed by atoms with Crippen molar-refractivity contribution in [2.75, 3.05) is 13.1 Å². The molecule has 0 aromatic carbocycles. The molecule has 0 atom stereocenters. The van der Waals surface area contributed by atoms with Gasteiger partial charge in [-0.25, -0.2) is 10.9 Å². The molecule has 0 spiro atoms. The molecule has 0 bridgehead atoms. The second kappa shape index (κ2) is 9.27. The molecule has 0 radical (unpaired) electrons. The Labute approximate surface area is 167 Å². The lowest BCUT2D eigenvalue weighted by Crippen LogP contribution is -2.73. The summed E-state index contributed by atoms with van der Waals surface area (Å²) in [5.41, 5.74) is 12.3. The third kappa shape index (κ3) is 4.95. The number of nitrogens with one attached hydrogen (secondary N) is 3. The summed E-state index contributed by atoms with van der Waals surface area (Å²) < 4.78 is 187. The molecule has 1 heterocycles. The maximum Gasteiger partial charge on any atom is 0.460 e. The zero-order valence-corrected chi connectivity index (χ0v) is 15.0. The number of nitrogens with two attached hydrogens (primary N) is 1. The molecule has 20 heteroatoms. The van der Waals surface area contributed by atoms with Crippen molar-refractivity contribution < 1.29 is 70.7 Å². The first kappa shape index (κ1) is 30.3. The molecule has 192 valence electrons. The first-order valence-electron chi connectivity index (χ1n) is 7.78. The number of carbonyl (C=O) groups is 1. The van der Waals surface area contributed by atoms with Gasteiger partial charge >= 0.3 is 41.7 Å². The maximum absolute atomic E-state index is 12.9. The van der Waals surface area contributed by atoms with E-state index in [2.05, 4.69) is 22.1 Å². The topological polar surface area (TPSA) is 79.2 Å². The van der Waals surface area contributed by atoms with Crippen LogP contribution in [-0.2, 0) is 4.79 Å². The molecular formula is C12H13F15N4O. The van der Waals surface area contributed by atoms with Crippen molar-refractivity contribution >= 4 is 5.91 Å². The summed E-state index contributed by atoms with van der Waals surface area (Å²) in [6.45, 7) is 2.15. The Morgan fingerprint density at radius 3 is 1.19 bits per heavy atom. The Hall–Kier alpha value is -1.70. The van der Waals surface area contributed by atoms with E-state index in [4.69, 9.17) is 0 Å². The van der Waals surface area contributed by atoms with Gasteiger partial charge in [-0.15, -0.1) is 0 Å². The molecule has 1 rings (SSSR count).